The van der Waals surface area contributed by atoms with Gasteiger partial charge in [-0.25, -0.2) is 0 Å². The highest BCUT2D eigenvalue weighted by Gasteiger charge is 2.26. The Morgan fingerprint density at radius 3 is 2.14 bits per heavy atom. The van der Waals surface area contributed by atoms with Gasteiger partial charge in [-0.05, 0) is 19.8 Å². The van der Waals surface area contributed by atoms with Gasteiger partial charge < -0.3 is 44.0 Å². The topological polar surface area (TPSA) is 258 Å². The van der Waals surface area contributed by atoms with Crippen LogP contribution in [0.2, 0.25) is 0 Å². The fraction of sp³-hybridized carbons (Fsp3) is 0.600. The van der Waals surface area contributed by atoms with Crippen LogP contribution in [-0.2, 0) is 24.0 Å². The molecule has 0 aliphatic carbocycles. The van der Waals surface area contributed by atoms with E-state index in [1.54, 1.807) is 0 Å². The van der Waals surface area contributed by atoms with Crippen LogP contribution >= 0.6 is 0 Å². The van der Waals surface area contributed by atoms with Gasteiger partial charge in [0.2, 0.25) is 23.6 Å². The van der Waals surface area contributed by atoms with Gasteiger partial charge in [0.05, 0.1) is 12.5 Å². The zero-order valence-corrected chi connectivity index (χ0v) is 16.0. The van der Waals surface area contributed by atoms with Crippen LogP contribution in [0.1, 0.15) is 26.2 Å². The molecule has 0 radical (unpaired) electrons. The molecule has 0 spiro atoms. The fourth-order valence-corrected chi connectivity index (χ4v) is 2.05. The van der Waals surface area contributed by atoms with Crippen molar-refractivity contribution in [3.05, 3.63) is 0 Å². The van der Waals surface area contributed by atoms with Gasteiger partial charge in [-0.1, -0.05) is 0 Å². The summed E-state index contributed by atoms with van der Waals surface area (Å²) in [7, 11) is 0. The number of nitrogens with zero attached hydrogens (tertiary/aromatic N) is 1. The second-order valence-corrected chi connectivity index (χ2v) is 6.13. The fourth-order valence-electron chi connectivity index (χ4n) is 2.05. The smallest absolute Gasteiger partial charge is 0.322 e. The Bertz CT molecular complexity index is 649. The van der Waals surface area contributed by atoms with Gasteiger partial charge in [0.1, 0.15) is 18.6 Å². The molecular formula is C15H28N8O6. The molecule has 0 heterocycles. The number of carbonyl (C=O) groups excluding carboxylic acids is 4. The molecule has 0 aromatic carbocycles. The molecule has 0 saturated carbocycles. The quantitative estimate of drug-likeness (QED) is 0.0814. The van der Waals surface area contributed by atoms with Gasteiger partial charge in [-0.3, -0.25) is 29.0 Å². The van der Waals surface area contributed by atoms with E-state index in [4.69, 9.17) is 28.0 Å². The summed E-state index contributed by atoms with van der Waals surface area (Å²) in [5.41, 5.74) is 20.9. The molecule has 164 valence electrons. The van der Waals surface area contributed by atoms with Gasteiger partial charge in [-0.15, -0.1) is 0 Å². The maximum Gasteiger partial charge on any atom is 0.322 e. The average molecular weight is 416 g/mol. The highest BCUT2D eigenvalue weighted by Crippen LogP contribution is 2.00. The predicted molar refractivity (Wildman–Crippen MR) is 102 cm³/mol. The first-order valence-electron chi connectivity index (χ1n) is 8.63. The lowest BCUT2D eigenvalue weighted by molar-refractivity contribution is -0.138. The molecule has 0 aromatic heterocycles. The first kappa shape index (κ1) is 25.6. The maximum atomic E-state index is 12.3. The summed E-state index contributed by atoms with van der Waals surface area (Å²) in [5.74, 6) is -4.39. The average Bonchev–Trinajstić information content (AvgIpc) is 2.60. The molecule has 14 nitrogen and oxygen atoms in total. The van der Waals surface area contributed by atoms with Crippen molar-refractivity contribution < 1.29 is 29.1 Å². The highest BCUT2D eigenvalue weighted by molar-refractivity contribution is 5.94. The molecule has 0 rings (SSSR count). The van der Waals surface area contributed by atoms with E-state index in [-0.39, 0.29) is 18.9 Å². The molecule has 0 aliphatic heterocycles. The number of hydrogen-bond acceptors (Lipinski definition) is 7. The third kappa shape index (κ3) is 11.8. The molecule has 4 amide bonds. The predicted octanol–water partition coefficient (Wildman–Crippen LogP) is -4.57. The summed E-state index contributed by atoms with van der Waals surface area (Å²) in [6, 6.07) is -3.40. The standard InChI is InChI=1S/C15H28N8O6/c1-7(22-13(28)8(16)5-10(17)24)12(27)23-9(3-2-4-20-15(18)19)14(29)21-6-11(25)26/h7-9H,2-6,16H2,1H3,(H2,17,24)(H,21,29)(H,22,28)(H,23,27)(H,25,26)(H4,18,19,20). The van der Waals surface area contributed by atoms with Crippen LogP contribution < -0.4 is 38.9 Å². The summed E-state index contributed by atoms with van der Waals surface area (Å²) >= 11 is 0. The van der Waals surface area contributed by atoms with Gasteiger partial charge in [0, 0.05) is 6.54 Å². The van der Waals surface area contributed by atoms with Crippen molar-refractivity contribution in [1.82, 2.24) is 16.0 Å². The minimum Gasteiger partial charge on any atom is -0.480 e. The number of aliphatic imine (C=N–C) groups is 1. The SMILES string of the molecule is CC(NC(=O)C(N)CC(N)=O)C(=O)NC(CCCN=C(N)N)C(=O)NCC(=O)O. The Morgan fingerprint density at radius 1 is 1.00 bits per heavy atom. The molecule has 0 fully saturated rings. The zero-order chi connectivity index (χ0) is 22.6. The minimum absolute atomic E-state index is 0.107. The number of hydrogen-bond donors (Lipinski definition) is 8. The number of nitrogens with one attached hydrogen (secondary N) is 3. The van der Waals surface area contributed by atoms with Crippen LogP contribution in [0.5, 0.6) is 0 Å². The Labute approximate surface area is 166 Å². The van der Waals surface area contributed by atoms with Crippen molar-refractivity contribution in [2.45, 2.75) is 44.3 Å². The summed E-state index contributed by atoms with van der Waals surface area (Å²) in [6.45, 7) is 0.901. The molecule has 0 saturated heterocycles. The van der Waals surface area contributed by atoms with E-state index in [2.05, 4.69) is 20.9 Å². The molecule has 0 bridgehead atoms. The third-order valence-electron chi connectivity index (χ3n) is 3.50. The van der Waals surface area contributed by atoms with Crippen LogP contribution in [0.3, 0.4) is 0 Å². The van der Waals surface area contributed by atoms with Crippen molar-refractivity contribution in [2.75, 3.05) is 13.1 Å². The van der Waals surface area contributed by atoms with Crippen LogP contribution in [-0.4, -0.2) is 71.9 Å². The molecule has 0 aliphatic rings. The van der Waals surface area contributed by atoms with Crippen molar-refractivity contribution in [2.24, 2.45) is 27.9 Å². The van der Waals surface area contributed by atoms with Gasteiger partial charge in [-0.2, -0.15) is 0 Å². The normalized spacial score (nSPS) is 13.3. The summed E-state index contributed by atoms with van der Waals surface area (Å²) in [4.78, 5) is 61.5. The lowest BCUT2D eigenvalue weighted by Gasteiger charge is -2.21. The van der Waals surface area contributed by atoms with Crippen molar-refractivity contribution >= 4 is 35.6 Å². The minimum atomic E-state index is -1.26. The van der Waals surface area contributed by atoms with E-state index in [0.717, 1.165) is 0 Å². The number of carbonyl (C=O) groups is 5. The maximum absolute atomic E-state index is 12.3. The van der Waals surface area contributed by atoms with Crippen molar-refractivity contribution in [1.29, 1.82) is 0 Å². The second-order valence-electron chi connectivity index (χ2n) is 6.13. The number of primary amides is 1. The molecule has 12 N–H and O–H groups in total. The summed E-state index contributed by atoms with van der Waals surface area (Å²) < 4.78 is 0. The molecule has 3 unspecified atom stereocenters. The van der Waals surface area contributed by atoms with Crippen LogP contribution in [0, 0.1) is 0 Å². The van der Waals surface area contributed by atoms with Crippen LogP contribution in [0.15, 0.2) is 4.99 Å². The molecule has 14 heteroatoms. The Morgan fingerprint density at radius 2 is 1.62 bits per heavy atom. The Kier molecular flexibility index (Phi) is 11.4. The molecule has 0 aromatic rings. The summed E-state index contributed by atoms with van der Waals surface area (Å²) in [5, 5.41) is 15.5. The van der Waals surface area contributed by atoms with E-state index in [1.165, 1.54) is 6.92 Å². The first-order valence-corrected chi connectivity index (χ1v) is 8.63. The number of aliphatic carboxylic acids is 1. The monoisotopic (exact) mass is 416 g/mol. The highest BCUT2D eigenvalue weighted by atomic mass is 16.4. The number of rotatable bonds is 13. The molecular weight excluding hydrogens is 388 g/mol. The first-order chi connectivity index (χ1) is 13.4. The second kappa shape index (κ2) is 12.9. The van der Waals surface area contributed by atoms with Crippen molar-refractivity contribution in [3.63, 3.8) is 0 Å². The summed E-state index contributed by atoms with van der Waals surface area (Å²) in [6.07, 6.45) is 0.0224. The van der Waals surface area contributed by atoms with Gasteiger partial charge in [0.15, 0.2) is 5.96 Å². The number of carboxylic acids is 1. The lowest BCUT2D eigenvalue weighted by atomic mass is 10.1. The number of amides is 4. The lowest BCUT2D eigenvalue weighted by Crippen LogP contribution is -2.55. The Balaban J connectivity index is 4.90. The van der Waals surface area contributed by atoms with Crippen LogP contribution in [0.25, 0.3) is 0 Å². The van der Waals surface area contributed by atoms with Crippen molar-refractivity contribution in [3.8, 4) is 0 Å². The van der Waals surface area contributed by atoms with Gasteiger partial charge in [0.25, 0.3) is 0 Å². The largest absolute Gasteiger partial charge is 0.480 e. The van der Waals surface area contributed by atoms with E-state index in [1.807, 2.05) is 0 Å². The van der Waals surface area contributed by atoms with E-state index < -0.39 is 60.7 Å². The number of nitrogens with two attached hydrogens (primary N) is 4. The number of carboxylic acid groups (broad SMARTS) is 1. The van der Waals surface area contributed by atoms with Crippen LogP contribution in [0.4, 0.5) is 0 Å². The molecule has 3 atom stereocenters. The van der Waals surface area contributed by atoms with E-state index >= 15 is 0 Å². The third-order valence-corrected chi connectivity index (χ3v) is 3.50. The van der Waals surface area contributed by atoms with Gasteiger partial charge >= 0.3 is 5.97 Å². The number of guanidine groups is 1. The van der Waals surface area contributed by atoms with E-state index in [9.17, 15) is 24.0 Å². The zero-order valence-electron chi connectivity index (χ0n) is 16.0. The molecule has 29 heavy (non-hydrogen) atoms. The van der Waals surface area contributed by atoms with E-state index in [0.29, 0.717) is 6.42 Å². The Hall–Kier alpha value is -3.42.